The van der Waals surface area contributed by atoms with Crippen molar-refractivity contribution in [3.63, 3.8) is 0 Å². The fourth-order valence-corrected chi connectivity index (χ4v) is 0.489. The lowest BCUT2D eigenvalue weighted by molar-refractivity contribution is -0.0979. The van der Waals surface area contributed by atoms with E-state index in [0.717, 1.165) is 0 Å². The van der Waals surface area contributed by atoms with E-state index in [1.54, 1.807) is 24.3 Å². The first kappa shape index (κ1) is 8.49. The summed E-state index contributed by atoms with van der Waals surface area (Å²) in [7, 11) is 0. The van der Waals surface area contributed by atoms with Crippen molar-refractivity contribution < 1.29 is 4.79 Å². The summed E-state index contributed by atoms with van der Waals surface area (Å²) in [4.78, 5) is 17.8. The van der Waals surface area contributed by atoms with E-state index in [1.165, 1.54) is 0 Å². The first-order chi connectivity index (χ1) is 4.93. The van der Waals surface area contributed by atoms with Gasteiger partial charge in [0.25, 0.3) is 0 Å². The molecule has 10 heavy (non-hydrogen) atoms. The minimum atomic E-state index is 0.479. The van der Waals surface area contributed by atoms with Gasteiger partial charge in [-0.05, 0) is 17.3 Å². The van der Waals surface area contributed by atoms with Crippen molar-refractivity contribution in [2.45, 2.75) is 0 Å². The fraction of sp³-hybridized carbons (Fsp3) is 0. The summed E-state index contributed by atoms with van der Waals surface area (Å²) in [6, 6.07) is 8.71. The number of hydrogen-bond donors (Lipinski definition) is 0. The van der Waals surface area contributed by atoms with E-state index in [-0.39, 0.29) is 0 Å². The molecule has 0 N–H and O–H groups in total. The van der Waals surface area contributed by atoms with Gasteiger partial charge in [-0.3, -0.25) is 0 Å². The zero-order valence-electron chi connectivity index (χ0n) is 5.36. The van der Waals surface area contributed by atoms with Crippen LogP contribution in [0.5, 0.6) is 0 Å². The van der Waals surface area contributed by atoms with Gasteiger partial charge in [0.15, 0.2) is 0 Å². The van der Waals surface area contributed by atoms with Crippen LogP contribution >= 0.6 is 0 Å². The van der Waals surface area contributed by atoms with E-state index >= 15 is 0 Å². The van der Waals surface area contributed by atoms with Gasteiger partial charge in [-0.15, -0.1) is 4.91 Å². The number of carbonyl (C=O) groups excluding carboxylic acids is 1. The van der Waals surface area contributed by atoms with Crippen molar-refractivity contribution in [3.05, 3.63) is 35.2 Å². The van der Waals surface area contributed by atoms with Crippen molar-refractivity contribution in [1.29, 1.82) is 0 Å². The van der Waals surface area contributed by atoms with Crippen molar-refractivity contribution in [2.24, 2.45) is 5.18 Å². The maximum Gasteiger partial charge on any atom is 0.107 e. The molecule has 0 aliphatic heterocycles. The Balaban J connectivity index is 0.000000371. The third kappa shape index (κ3) is 2.71. The summed E-state index contributed by atoms with van der Waals surface area (Å²) >= 11 is 0. The van der Waals surface area contributed by atoms with Crippen molar-refractivity contribution in [3.8, 4) is 0 Å². The van der Waals surface area contributed by atoms with E-state index in [0.29, 0.717) is 5.69 Å². The zero-order valence-corrected chi connectivity index (χ0v) is 5.36. The number of nitrogens with zero attached hydrogens (tertiary/aromatic N) is 1. The predicted molar refractivity (Wildman–Crippen MR) is 39.0 cm³/mol. The molecular weight excluding hydrogens is 130 g/mol. The largest absolute Gasteiger partial charge is 0.307 e. The minimum Gasteiger partial charge on any atom is -0.307 e. The topological polar surface area (TPSA) is 46.5 Å². The van der Waals surface area contributed by atoms with Gasteiger partial charge in [-0.1, -0.05) is 18.2 Å². The first-order valence-corrected chi connectivity index (χ1v) is 2.61. The van der Waals surface area contributed by atoms with Crippen LogP contribution < -0.4 is 0 Å². The lowest BCUT2D eigenvalue weighted by Crippen LogP contribution is -1.56. The van der Waals surface area contributed by atoms with E-state index in [2.05, 4.69) is 5.18 Å². The molecule has 0 spiro atoms. The molecule has 1 rings (SSSR count). The van der Waals surface area contributed by atoms with Crippen LogP contribution in [0.1, 0.15) is 0 Å². The Morgan fingerprint density at radius 3 is 1.90 bits per heavy atom. The molecule has 0 radical (unpaired) electrons. The molecule has 0 aromatic heterocycles. The summed E-state index contributed by atoms with van der Waals surface area (Å²) in [5.41, 5.74) is 0.479. The Morgan fingerprint density at radius 2 is 1.60 bits per heavy atom. The van der Waals surface area contributed by atoms with E-state index in [9.17, 15) is 4.91 Å². The van der Waals surface area contributed by atoms with E-state index < -0.39 is 0 Å². The molecule has 0 unspecified atom stereocenters. The molecule has 0 heterocycles. The lowest BCUT2D eigenvalue weighted by atomic mass is 10.3. The average molecular weight is 137 g/mol. The van der Waals surface area contributed by atoms with Crippen LogP contribution in [0.2, 0.25) is 0 Å². The quantitative estimate of drug-likeness (QED) is 0.555. The summed E-state index contributed by atoms with van der Waals surface area (Å²) in [5.74, 6) is 0. The van der Waals surface area contributed by atoms with Gasteiger partial charge >= 0.3 is 0 Å². The normalized spacial score (nSPS) is 7.20. The highest BCUT2D eigenvalue weighted by atomic mass is 16.3. The molecule has 1 aromatic rings. The smallest absolute Gasteiger partial charge is 0.107 e. The third-order valence-corrected chi connectivity index (χ3v) is 0.862. The van der Waals surface area contributed by atoms with Crippen LogP contribution in [-0.2, 0) is 4.79 Å². The van der Waals surface area contributed by atoms with Crippen molar-refractivity contribution >= 4 is 12.5 Å². The Kier molecular flexibility index (Phi) is 4.77. The van der Waals surface area contributed by atoms with Crippen LogP contribution in [0.15, 0.2) is 35.5 Å². The van der Waals surface area contributed by atoms with Crippen LogP contribution in [0, 0.1) is 4.91 Å². The number of hydrogen-bond acceptors (Lipinski definition) is 3. The molecule has 0 amide bonds. The standard InChI is InChI=1S/C6H5NO.CH2O/c8-7-6-4-2-1-3-5-6;1-2/h1-5H;1H2. The monoisotopic (exact) mass is 137 g/mol. The molecule has 3 heteroatoms. The first-order valence-electron chi connectivity index (χ1n) is 2.61. The highest BCUT2D eigenvalue weighted by Gasteiger charge is 1.81. The van der Waals surface area contributed by atoms with Gasteiger partial charge in [0, 0.05) is 0 Å². The number of rotatable bonds is 1. The molecular formula is C7H7NO2. The maximum absolute atomic E-state index is 9.76. The van der Waals surface area contributed by atoms with Gasteiger partial charge in [0.2, 0.25) is 0 Å². The Hall–Kier alpha value is -1.51. The van der Waals surface area contributed by atoms with Gasteiger partial charge in [0.1, 0.15) is 12.5 Å². The second-order valence-electron chi connectivity index (χ2n) is 1.43. The molecule has 0 aliphatic rings. The van der Waals surface area contributed by atoms with Gasteiger partial charge in [-0.2, -0.15) is 0 Å². The number of benzene rings is 1. The fourth-order valence-electron chi connectivity index (χ4n) is 0.489. The average Bonchev–Trinajstić information content (AvgIpc) is 2.10. The van der Waals surface area contributed by atoms with Gasteiger partial charge < -0.3 is 4.79 Å². The van der Waals surface area contributed by atoms with Crippen LogP contribution in [0.4, 0.5) is 5.69 Å². The Morgan fingerprint density at radius 1 is 1.10 bits per heavy atom. The maximum atomic E-state index is 9.76. The molecule has 0 fully saturated rings. The summed E-state index contributed by atoms with van der Waals surface area (Å²) in [6.45, 7) is 2.00. The number of carbonyl (C=O) groups is 1. The molecule has 3 nitrogen and oxygen atoms in total. The highest BCUT2D eigenvalue weighted by molar-refractivity contribution is 5.34. The van der Waals surface area contributed by atoms with Crippen molar-refractivity contribution in [2.75, 3.05) is 0 Å². The molecule has 0 saturated heterocycles. The van der Waals surface area contributed by atoms with Crippen LogP contribution in [0.25, 0.3) is 0 Å². The zero-order chi connectivity index (χ0) is 7.82. The van der Waals surface area contributed by atoms with E-state index in [1.807, 2.05) is 12.9 Å². The highest BCUT2D eigenvalue weighted by Crippen LogP contribution is 2.07. The van der Waals surface area contributed by atoms with Gasteiger partial charge in [0.05, 0.1) is 0 Å². The van der Waals surface area contributed by atoms with Gasteiger partial charge in [-0.25, -0.2) is 0 Å². The van der Waals surface area contributed by atoms with Crippen LogP contribution in [-0.4, -0.2) is 6.79 Å². The minimum absolute atomic E-state index is 0.479. The molecule has 1 aromatic carbocycles. The summed E-state index contributed by atoms with van der Waals surface area (Å²) in [6.07, 6.45) is 0. The SMILES string of the molecule is C=O.O=Nc1ccccc1. The second kappa shape index (κ2) is 5.62. The summed E-state index contributed by atoms with van der Waals surface area (Å²) in [5, 5.41) is 2.72. The van der Waals surface area contributed by atoms with Crippen LogP contribution in [0.3, 0.4) is 0 Å². The predicted octanol–water partition coefficient (Wildman–Crippen LogP) is 1.90. The third-order valence-electron chi connectivity index (χ3n) is 0.862. The van der Waals surface area contributed by atoms with Crippen molar-refractivity contribution in [1.82, 2.24) is 0 Å². The van der Waals surface area contributed by atoms with E-state index in [4.69, 9.17) is 4.79 Å². The second-order valence-corrected chi connectivity index (χ2v) is 1.43. The lowest BCUT2D eigenvalue weighted by Gasteiger charge is -1.80. The molecule has 52 valence electrons. The Bertz CT molecular complexity index is 186. The molecule has 0 saturated carbocycles. The Labute approximate surface area is 58.7 Å². The molecule has 0 aliphatic carbocycles. The summed E-state index contributed by atoms with van der Waals surface area (Å²) < 4.78 is 0. The molecule has 0 bridgehead atoms. The molecule has 0 atom stereocenters. The number of nitroso groups, excluding NO2 is 1.